The molecule has 2 aromatic heterocycles. The quantitative estimate of drug-likeness (QED) is 0.329. The lowest BCUT2D eigenvalue weighted by molar-refractivity contribution is -0.137. The Morgan fingerprint density at radius 2 is 1.73 bits per heavy atom. The number of hydrogen-bond donors (Lipinski definition) is 2. The molecule has 0 spiro atoms. The predicted octanol–water partition coefficient (Wildman–Crippen LogP) is 4.86. The highest BCUT2D eigenvalue weighted by Crippen LogP contribution is 2.33. The van der Waals surface area contributed by atoms with Crippen LogP contribution >= 0.6 is 0 Å². The Kier molecular flexibility index (Phi) is 7.79. The summed E-state index contributed by atoms with van der Waals surface area (Å²) in [4.78, 5) is 34.6. The maximum absolute atomic E-state index is 13.6. The van der Waals surface area contributed by atoms with Crippen LogP contribution in [0.1, 0.15) is 46.8 Å². The summed E-state index contributed by atoms with van der Waals surface area (Å²) in [6.45, 7) is 5.25. The molecule has 3 heterocycles. The van der Waals surface area contributed by atoms with Crippen molar-refractivity contribution in [3.8, 4) is 16.9 Å². The van der Waals surface area contributed by atoms with Crippen molar-refractivity contribution in [3.05, 3.63) is 77.2 Å². The standard InChI is InChI=1S/C28H27F3N8O2/c1-17-5-6-20(11-25(17)39-16-24(36-37-39)21-13-32-27(33-14-21)34-18(2)40)26(41)35-23-10-19(15-38-7-3-4-8-38)9-22(12-23)28(29,30)31/h5-6,9-14,16H,3-4,7-8,15H2,1-2H3,(H,35,41)(H,32,33,34,40). The van der Waals surface area contributed by atoms with E-state index in [1.165, 1.54) is 24.0 Å². The van der Waals surface area contributed by atoms with Crippen LogP contribution in [0.4, 0.5) is 24.8 Å². The molecule has 2 N–H and O–H groups in total. The number of carbonyl (C=O) groups excluding carboxylic acids is 2. The van der Waals surface area contributed by atoms with Gasteiger partial charge in [-0.15, -0.1) is 5.10 Å². The van der Waals surface area contributed by atoms with Gasteiger partial charge in [-0.3, -0.25) is 19.8 Å². The average molecular weight is 565 g/mol. The Hall–Kier alpha value is -4.65. The third-order valence-corrected chi connectivity index (χ3v) is 6.63. The number of rotatable bonds is 7. The van der Waals surface area contributed by atoms with Crippen LogP contribution in [0.15, 0.2) is 55.0 Å². The minimum atomic E-state index is -4.54. The summed E-state index contributed by atoms with van der Waals surface area (Å²) in [6, 6.07) is 8.59. The third kappa shape index (κ3) is 6.74. The molecule has 1 saturated heterocycles. The average Bonchev–Trinajstić information content (AvgIpc) is 3.61. The molecule has 1 aliphatic rings. The molecule has 0 aliphatic carbocycles. The molecule has 41 heavy (non-hydrogen) atoms. The number of anilines is 2. The number of carbonyl (C=O) groups is 2. The van der Waals surface area contributed by atoms with Gasteiger partial charge in [-0.25, -0.2) is 14.6 Å². The Morgan fingerprint density at radius 3 is 2.41 bits per heavy atom. The summed E-state index contributed by atoms with van der Waals surface area (Å²) < 4.78 is 42.4. The Morgan fingerprint density at radius 1 is 1.00 bits per heavy atom. The van der Waals surface area contributed by atoms with Crippen LogP contribution in [-0.2, 0) is 17.5 Å². The predicted molar refractivity (Wildman–Crippen MR) is 145 cm³/mol. The zero-order chi connectivity index (χ0) is 29.1. The number of aromatic nitrogens is 5. The van der Waals surface area contributed by atoms with Crippen molar-refractivity contribution in [2.24, 2.45) is 0 Å². The number of hydrogen-bond acceptors (Lipinski definition) is 7. The van der Waals surface area contributed by atoms with Crippen molar-refractivity contribution in [3.63, 3.8) is 0 Å². The van der Waals surface area contributed by atoms with Crippen LogP contribution in [0.5, 0.6) is 0 Å². The fourth-order valence-corrected chi connectivity index (χ4v) is 4.61. The molecule has 0 radical (unpaired) electrons. The van der Waals surface area contributed by atoms with Gasteiger partial charge in [0.2, 0.25) is 11.9 Å². The van der Waals surface area contributed by atoms with Crippen LogP contribution < -0.4 is 10.6 Å². The monoisotopic (exact) mass is 564 g/mol. The van der Waals surface area contributed by atoms with Gasteiger partial charge in [0.25, 0.3) is 5.91 Å². The van der Waals surface area contributed by atoms with Gasteiger partial charge >= 0.3 is 6.18 Å². The van der Waals surface area contributed by atoms with Crippen LogP contribution in [0.3, 0.4) is 0 Å². The fraction of sp³-hybridized carbons (Fsp3) is 0.286. The molecular weight excluding hydrogens is 537 g/mol. The van der Waals surface area contributed by atoms with E-state index < -0.39 is 17.6 Å². The number of alkyl halides is 3. The molecule has 13 heteroatoms. The number of benzene rings is 2. The fourth-order valence-electron chi connectivity index (χ4n) is 4.61. The molecular formula is C28H27F3N8O2. The summed E-state index contributed by atoms with van der Waals surface area (Å²) in [5.74, 6) is -0.689. The number of nitrogens with one attached hydrogen (secondary N) is 2. The minimum Gasteiger partial charge on any atom is -0.322 e. The summed E-state index contributed by atoms with van der Waals surface area (Å²) in [7, 11) is 0. The topological polar surface area (TPSA) is 118 Å². The SMILES string of the molecule is CC(=O)Nc1ncc(-c2cn(-c3cc(C(=O)Nc4cc(CN5CCCC5)cc(C(F)(F)F)c4)ccc3C)nn2)cn1. The second-order valence-electron chi connectivity index (χ2n) is 9.88. The first kappa shape index (κ1) is 27.9. The van der Waals surface area contributed by atoms with Crippen LogP contribution in [0, 0.1) is 6.92 Å². The lowest BCUT2D eigenvalue weighted by Gasteiger charge is -2.18. The highest BCUT2D eigenvalue weighted by molar-refractivity contribution is 6.04. The number of aryl methyl sites for hydroxylation is 1. The first-order chi connectivity index (χ1) is 19.5. The second kappa shape index (κ2) is 11.5. The number of nitrogens with zero attached hydrogens (tertiary/aromatic N) is 6. The first-order valence-electron chi connectivity index (χ1n) is 12.9. The van der Waals surface area contributed by atoms with E-state index in [-0.39, 0.29) is 23.1 Å². The summed E-state index contributed by atoms with van der Waals surface area (Å²) in [5.41, 5.74) is 2.38. The maximum atomic E-state index is 13.6. The molecule has 1 aliphatic heterocycles. The summed E-state index contributed by atoms with van der Waals surface area (Å²) in [6.07, 6.45) is 2.12. The van der Waals surface area contributed by atoms with E-state index >= 15 is 0 Å². The lowest BCUT2D eigenvalue weighted by atomic mass is 10.1. The molecule has 212 valence electrons. The van der Waals surface area contributed by atoms with Gasteiger partial charge in [-0.1, -0.05) is 11.3 Å². The largest absolute Gasteiger partial charge is 0.416 e. The van der Waals surface area contributed by atoms with E-state index in [1.54, 1.807) is 30.5 Å². The number of likely N-dealkylation sites (tertiary alicyclic amines) is 1. The molecule has 0 bridgehead atoms. The van der Waals surface area contributed by atoms with Crippen molar-refractivity contribution >= 4 is 23.5 Å². The molecule has 2 amide bonds. The molecule has 0 saturated carbocycles. The van der Waals surface area contributed by atoms with Crippen molar-refractivity contribution in [1.82, 2.24) is 29.9 Å². The number of halogens is 3. The van der Waals surface area contributed by atoms with Gasteiger partial charge in [-0.05, 0) is 74.3 Å². The van der Waals surface area contributed by atoms with E-state index in [2.05, 4.69) is 35.8 Å². The number of amides is 2. The molecule has 0 unspecified atom stereocenters. The zero-order valence-corrected chi connectivity index (χ0v) is 22.4. The Bertz CT molecular complexity index is 1580. The second-order valence-corrected chi connectivity index (χ2v) is 9.88. The summed E-state index contributed by atoms with van der Waals surface area (Å²) in [5, 5.41) is 13.4. The normalized spacial score (nSPS) is 13.8. The van der Waals surface area contributed by atoms with E-state index in [4.69, 9.17) is 0 Å². The minimum absolute atomic E-state index is 0.0758. The van der Waals surface area contributed by atoms with Crippen molar-refractivity contribution < 1.29 is 22.8 Å². The van der Waals surface area contributed by atoms with Crippen LogP contribution in [0.2, 0.25) is 0 Å². The van der Waals surface area contributed by atoms with Gasteiger partial charge in [0.1, 0.15) is 5.69 Å². The molecule has 1 fully saturated rings. The van der Waals surface area contributed by atoms with Crippen molar-refractivity contribution in [2.45, 2.75) is 39.4 Å². The van der Waals surface area contributed by atoms with Crippen LogP contribution in [-0.4, -0.2) is 54.8 Å². The molecule has 4 aromatic rings. The van der Waals surface area contributed by atoms with Crippen molar-refractivity contribution in [1.29, 1.82) is 0 Å². The maximum Gasteiger partial charge on any atom is 0.416 e. The highest BCUT2D eigenvalue weighted by atomic mass is 19.4. The van der Waals surface area contributed by atoms with E-state index in [9.17, 15) is 22.8 Å². The van der Waals surface area contributed by atoms with E-state index in [0.717, 1.165) is 43.6 Å². The van der Waals surface area contributed by atoms with Gasteiger partial charge in [0.05, 0.1) is 17.4 Å². The third-order valence-electron chi connectivity index (χ3n) is 6.63. The van der Waals surface area contributed by atoms with Gasteiger partial charge < -0.3 is 5.32 Å². The molecule has 5 rings (SSSR count). The smallest absolute Gasteiger partial charge is 0.322 e. The van der Waals surface area contributed by atoms with Crippen molar-refractivity contribution in [2.75, 3.05) is 23.7 Å². The molecule has 0 atom stereocenters. The highest BCUT2D eigenvalue weighted by Gasteiger charge is 2.31. The lowest BCUT2D eigenvalue weighted by Crippen LogP contribution is -2.20. The van der Waals surface area contributed by atoms with E-state index in [1.807, 2.05) is 6.92 Å². The first-order valence-corrected chi connectivity index (χ1v) is 12.9. The van der Waals surface area contributed by atoms with Gasteiger partial charge in [0.15, 0.2) is 0 Å². The Balaban J connectivity index is 1.37. The van der Waals surface area contributed by atoms with E-state index in [0.29, 0.717) is 29.1 Å². The molecule has 10 nitrogen and oxygen atoms in total. The van der Waals surface area contributed by atoms with Gasteiger partial charge in [-0.2, -0.15) is 13.2 Å². The summed E-state index contributed by atoms with van der Waals surface area (Å²) >= 11 is 0. The Labute approximate surface area is 233 Å². The molecule has 2 aromatic carbocycles. The van der Waals surface area contributed by atoms with Crippen LogP contribution in [0.25, 0.3) is 16.9 Å². The van der Waals surface area contributed by atoms with Gasteiger partial charge in [0, 0.05) is 42.7 Å². The zero-order valence-electron chi connectivity index (χ0n) is 22.4.